The van der Waals surface area contributed by atoms with Crippen LogP contribution in [0.4, 0.5) is 0 Å². The van der Waals surface area contributed by atoms with Crippen molar-refractivity contribution in [1.82, 2.24) is 10.3 Å². The molecule has 0 amide bonds. The van der Waals surface area contributed by atoms with Crippen molar-refractivity contribution in [2.24, 2.45) is 5.41 Å². The summed E-state index contributed by atoms with van der Waals surface area (Å²) in [5.41, 5.74) is 5.71. The molecule has 2 aliphatic rings. The molecule has 1 aromatic heterocycles. The second-order valence-electron chi connectivity index (χ2n) is 9.19. The fraction of sp³-hybridized carbons (Fsp3) is 0.370. The van der Waals surface area contributed by atoms with E-state index in [0.717, 1.165) is 34.6 Å². The van der Waals surface area contributed by atoms with Crippen molar-refractivity contribution >= 4 is 11.8 Å². The van der Waals surface area contributed by atoms with Crippen molar-refractivity contribution < 1.29 is 14.3 Å². The van der Waals surface area contributed by atoms with Gasteiger partial charge in [-0.15, -0.1) is 0 Å². The van der Waals surface area contributed by atoms with Crippen LogP contribution in [0, 0.1) is 5.41 Å². The van der Waals surface area contributed by atoms with Gasteiger partial charge in [0.25, 0.3) is 0 Å². The highest BCUT2D eigenvalue weighted by Gasteiger charge is 2.43. The zero-order chi connectivity index (χ0) is 22.9. The van der Waals surface area contributed by atoms with E-state index >= 15 is 0 Å². The number of hydrogen-bond acceptors (Lipinski definition) is 5. The quantitative estimate of drug-likeness (QED) is 0.652. The molecule has 166 valence electrons. The van der Waals surface area contributed by atoms with E-state index in [0.29, 0.717) is 24.0 Å². The number of dihydropyridines is 1. The molecule has 1 unspecified atom stereocenters. The molecule has 2 heterocycles. The first-order valence-electron chi connectivity index (χ1n) is 11.3. The maximum absolute atomic E-state index is 13.4. The van der Waals surface area contributed by atoms with Crippen LogP contribution in [-0.2, 0) is 14.3 Å². The average Bonchev–Trinajstić information content (AvgIpc) is 2.77. The van der Waals surface area contributed by atoms with Crippen LogP contribution < -0.4 is 5.32 Å². The normalized spacial score (nSPS) is 20.0. The number of ketones is 1. The molecule has 0 radical (unpaired) electrons. The molecule has 0 bridgehead atoms. The van der Waals surface area contributed by atoms with E-state index in [1.54, 1.807) is 13.1 Å². The number of nitrogens with zero attached hydrogens (tertiary/aromatic N) is 1. The van der Waals surface area contributed by atoms with Crippen molar-refractivity contribution in [2.45, 2.75) is 52.9 Å². The van der Waals surface area contributed by atoms with Crippen molar-refractivity contribution in [3.63, 3.8) is 0 Å². The molecular formula is C27H30N2O3. The Morgan fingerprint density at radius 2 is 1.88 bits per heavy atom. The van der Waals surface area contributed by atoms with Crippen molar-refractivity contribution in [3.8, 4) is 11.3 Å². The number of carbonyl (C=O) groups is 2. The summed E-state index contributed by atoms with van der Waals surface area (Å²) in [7, 11) is 0. The van der Waals surface area contributed by atoms with Gasteiger partial charge in [-0.3, -0.25) is 9.78 Å². The smallest absolute Gasteiger partial charge is 0.336 e. The SMILES string of the molecule is CCOC(=O)C1=C(CC)NC2=C(C(=O)CC(C)(C)C2)C1c1ccc(-c2ccccn2)cc1. The number of hydrogen-bond donors (Lipinski definition) is 1. The number of aromatic nitrogens is 1. The zero-order valence-electron chi connectivity index (χ0n) is 19.2. The summed E-state index contributed by atoms with van der Waals surface area (Å²) in [6.45, 7) is 8.34. The van der Waals surface area contributed by atoms with E-state index < -0.39 is 5.92 Å². The maximum atomic E-state index is 13.4. The summed E-state index contributed by atoms with van der Waals surface area (Å²) in [5, 5.41) is 3.45. The Kier molecular flexibility index (Phi) is 6.00. The van der Waals surface area contributed by atoms with Crippen molar-refractivity contribution in [3.05, 3.63) is 76.8 Å². The summed E-state index contributed by atoms with van der Waals surface area (Å²) in [5.74, 6) is -0.694. The molecule has 1 aliphatic heterocycles. The van der Waals surface area contributed by atoms with Crippen LogP contribution in [-0.4, -0.2) is 23.3 Å². The van der Waals surface area contributed by atoms with Crippen LogP contribution in [0.3, 0.4) is 0 Å². The number of Topliss-reactive ketones (excluding diaryl/α,β-unsaturated/α-hetero) is 1. The highest BCUT2D eigenvalue weighted by Crippen LogP contribution is 2.47. The minimum Gasteiger partial charge on any atom is -0.463 e. The second kappa shape index (κ2) is 8.73. The molecule has 32 heavy (non-hydrogen) atoms. The van der Waals surface area contributed by atoms with Gasteiger partial charge in [0.15, 0.2) is 5.78 Å². The van der Waals surface area contributed by atoms with E-state index in [2.05, 4.69) is 24.1 Å². The van der Waals surface area contributed by atoms with E-state index in [4.69, 9.17) is 4.74 Å². The Morgan fingerprint density at radius 3 is 2.50 bits per heavy atom. The minimum absolute atomic E-state index is 0.0968. The van der Waals surface area contributed by atoms with E-state index in [-0.39, 0.29) is 23.8 Å². The summed E-state index contributed by atoms with van der Waals surface area (Å²) >= 11 is 0. The summed E-state index contributed by atoms with van der Waals surface area (Å²) in [6, 6.07) is 13.8. The van der Waals surface area contributed by atoms with Crippen LogP contribution in [0.25, 0.3) is 11.3 Å². The van der Waals surface area contributed by atoms with Gasteiger partial charge in [0, 0.05) is 41.1 Å². The van der Waals surface area contributed by atoms with Crippen LogP contribution in [0.15, 0.2) is 71.2 Å². The third-order valence-corrected chi connectivity index (χ3v) is 6.18. The number of allylic oxidation sites excluding steroid dienone is 3. The highest BCUT2D eigenvalue weighted by atomic mass is 16.5. The molecule has 4 rings (SSSR count). The fourth-order valence-electron chi connectivity index (χ4n) is 4.79. The van der Waals surface area contributed by atoms with Gasteiger partial charge >= 0.3 is 5.97 Å². The Bertz CT molecular complexity index is 1100. The number of nitrogens with one attached hydrogen (secondary N) is 1. The van der Waals surface area contributed by atoms with E-state index in [9.17, 15) is 9.59 Å². The Labute approximate surface area is 189 Å². The first kappa shape index (κ1) is 22.0. The first-order chi connectivity index (χ1) is 15.3. The highest BCUT2D eigenvalue weighted by molar-refractivity contribution is 6.04. The molecule has 1 atom stereocenters. The summed E-state index contributed by atoms with van der Waals surface area (Å²) < 4.78 is 5.43. The monoisotopic (exact) mass is 430 g/mol. The molecular weight excluding hydrogens is 400 g/mol. The van der Waals surface area contributed by atoms with Crippen LogP contribution in [0.1, 0.15) is 58.4 Å². The zero-order valence-corrected chi connectivity index (χ0v) is 19.2. The van der Waals surface area contributed by atoms with E-state index in [1.807, 2.05) is 49.4 Å². The van der Waals surface area contributed by atoms with Gasteiger partial charge < -0.3 is 10.1 Å². The van der Waals surface area contributed by atoms with Crippen molar-refractivity contribution in [2.75, 3.05) is 6.61 Å². The molecule has 1 N–H and O–H groups in total. The van der Waals surface area contributed by atoms with Gasteiger partial charge in [0.05, 0.1) is 17.9 Å². The van der Waals surface area contributed by atoms with Gasteiger partial charge in [-0.2, -0.15) is 0 Å². The maximum Gasteiger partial charge on any atom is 0.336 e. The molecule has 0 saturated carbocycles. The molecule has 1 aliphatic carbocycles. The van der Waals surface area contributed by atoms with Gasteiger partial charge in [-0.05, 0) is 42.9 Å². The standard InChI is InChI=1S/C27H30N2O3/c1-5-19-25(26(31)32-6-2)23(24-21(29-19)15-27(3,4)16-22(24)30)18-12-10-17(11-13-18)20-9-7-8-14-28-20/h7-14,23,29H,5-6,15-16H2,1-4H3. The topological polar surface area (TPSA) is 68.3 Å². The summed E-state index contributed by atoms with van der Waals surface area (Å²) in [6.07, 6.45) is 3.66. The van der Waals surface area contributed by atoms with Gasteiger partial charge in [0.1, 0.15) is 0 Å². The van der Waals surface area contributed by atoms with Gasteiger partial charge in [-0.1, -0.05) is 51.1 Å². The molecule has 0 spiro atoms. The predicted octanol–water partition coefficient (Wildman–Crippen LogP) is 5.31. The fourth-order valence-corrected chi connectivity index (χ4v) is 4.79. The van der Waals surface area contributed by atoms with Crippen LogP contribution in [0.2, 0.25) is 0 Å². The number of esters is 1. The van der Waals surface area contributed by atoms with Gasteiger partial charge in [-0.25, -0.2) is 4.79 Å². The summed E-state index contributed by atoms with van der Waals surface area (Å²) in [4.78, 5) is 30.9. The van der Waals surface area contributed by atoms with E-state index in [1.165, 1.54) is 0 Å². The number of carbonyl (C=O) groups excluding carboxylic acids is 2. The number of ether oxygens (including phenoxy) is 1. The van der Waals surface area contributed by atoms with Crippen molar-refractivity contribution in [1.29, 1.82) is 0 Å². The first-order valence-corrected chi connectivity index (χ1v) is 11.3. The second-order valence-corrected chi connectivity index (χ2v) is 9.19. The lowest BCUT2D eigenvalue weighted by atomic mass is 9.68. The largest absolute Gasteiger partial charge is 0.463 e. The lowest BCUT2D eigenvalue weighted by Crippen LogP contribution is -2.39. The molecule has 0 saturated heterocycles. The molecule has 1 aromatic carbocycles. The Hall–Kier alpha value is -3.21. The number of pyridine rings is 1. The average molecular weight is 431 g/mol. The predicted molar refractivity (Wildman–Crippen MR) is 125 cm³/mol. The number of benzene rings is 1. The minimum atomic E-state index is -0.429. The van der Waals surface area contributed by atoms with Gasteiger partial charge in [0.2, 0.25) is 0 Å². The van der Waals surface area contributed by atoms with Crippen LogP contribution in [0.5, 0.6) is 0 Å². The molecule has 5 nitrogen and oxygen atoms in total. The Balaban J connectivity index is 1.84. The lowest BCUT2D eigenvalue weighted by molar-refractivity contribution is -0.138. The lowest BCUT2D eigenvalue weighted by Gasteiger charge is -2.40. The molecule has 2 aromatic rings. The third-order valence-electron chi connectivity index (χ3n) is 6.18. The molecule has 5 heteroatoms. The molecule has 0 fully saturated rings. The Morgan fingerprint density at radius 1 is 1.12 bits per heavy atom. The number of rotatable bonds is 5. The van der Waals surface area contributed by atoms with Crippen LogP contribution >= 0.6 is 0 Å². The third kappa shape index (κ3) is 4.12.